The van der Waals surface area contributed by atoms with Gasteiger partial charge < -0.3 is 15.7 Å². The molecule has 0 aliphatic carbocycles. The number of benzene rings is 2. The Balaban J connectivity index is 2.08. The zero-order chi connectivity index (χ0) is 15.4. The highest BCUT2D eigenvalue weighted by atomic mass is 16.4. The summed E-state index contributed by atoms with van der Waals surface area (Å²) in [6, 6.07) is 11.9. The Morgan fingerprint density at radius 3 is 2.33 bits per heavy atom. The molecule has 1 atom stereocenters. The summed E-state index contributed by atoms with van der Waals surface area (Å²) in [6.45, 7) is 3.49. The summed E-state index contributed by atoms with van der Waals surface area (Å²) in [7, 11) is 0. The number of anilines is 1. The smallest absolute Gasteiger partial charge is 0.326 e. The largest absolute Gasteiger partial charge is 0.480 e. The summed E-state index contributed by atoms with van der Waals surface area (Å²) in [5.74, 6) is -1.23. The van der Waals surface area contributed by atoms with Crippen molar-refractivity contribution < 1.29 is 14.7 Å². The fourth-order valence-electron chi connectivity index (χ4n) is 2.09. The second-order valence-corrected chi connectivity index (χ2v) is 5.22. The number of fused-ring (bicyclic) bond motifs is 1. The van der Waals surface area contributed by atoms with Gasteiger partial charge in [-0.3, -0.25) is 0 Å². The molecule has 5 heteroatoms. The highest BCUT2D eigenvalue weighted by molar-refractivity contribution is 5.95. The molecule has 0 spiro atoms. The van der Waals surface area contributed by atoms with Crippen LogP contribution in [0.2, 0.25) is 0 Å². The number of carboxylic acids is 1. The molecule has 21 heavy (non-hydrogen) atoms. The van der Waals surface area contributed by atoms with Gasteiger partial charge in [-0.15, -0.1) is 0 Å². The topological polar surface area (TPSA) is 78.4 Å². The van der Waals surface area contributed by atoms with Crippen LogP contribution < -0.4 is 10.6 Å². The van der Waals surface area contributed by atoms with Crippen LogP contribution in [0.4, 0.5) is 10.5 Å². The maximum Gasteiger partial charge on any atom is 0.326 e. The van der Waals surface area contributed by atoms with Crippen molar-refractivity contribution in [2.75, 3.05) is 5.32 Å². The number of carboxylic acid groups (broad SMARTS) is 1. The van der Waals surface area contributed by atoms with Crippen molar-refractivity contribution in [2.45, 2.75) is 19.9 Å². The quantitative estimate of drug-likeness (QED) is 0.808. The van der Waals surface area contributed by atoms with Gasteiger partial charge in [-0.25, -0.2) is 9.59 Å². The Kier molecular flexibility index (Phi) is 4.42. The van der Waals surface area contributed by atoms with Gasteiger partial charge in [-0.2, -0.15) is 0 Å². The molecule has 0 saturated heterocycles. The van der Waals surface area contributed by atoms with Crippen molar-refractivity contribution in [3.05, 3.63) is 42.5 Å². The van der Waals surface area contributed by atoms with Crippen molar-refractivity contribution in [3.8, 4) is 0 Å². The van der Waals surface area contributed by atoms with Crippen molar-refractivity contribution in [3.63, 3.8) is 0 Å². The molecule has 0 fully saturated rings. The molecule has 0 radical (unpaired) electrons. The number of rotatable bonds is 4. The Labute approximate surface area is 123 Å². The molecule has 110 valence electrons. The highest BCUT2D eigenvalue weighted by Crippen LogP contribution is 2.18. The monoisotopic (exact) mass is 286 g/mol. The zero-order valence-corrected chi connectivity index (χ0v) is 12.0. The lowest BCUT2D eigenvalue weighted by molar-refractivity contribution is -0.140. The maximum absolute atomic E-state index is 11.9. The minimum Gasteiger partial charge on any atom is -0.480 e. The van der Waals surface area contributed by atoms with Crippen molar-refractivity contribution in [1.29, 1.82) is 0 Å². The first-order valence-corrected chi connectivity index (χ1v) is 6.76. The molecular formula is C16H18N2O3. The summed E-state index contributed by atoms with van der Waals surface area (Å²) in [6.07, 6.45) is 0. The second kappa shape index (κ2) is 6.26. The third-order valence-corrected chi connectivity index (χ3v) is 3.23. The van der Waals surface area contributed by atoms with Crippen LogP contribution in [0.3, 0.4) is 0 Å². The lowest BCUT2D eigenvalue weighted by atomic mass is 10.1. The lowest BCUT2D eigenvalue weighted by Crippen LogP contribution is -2.46. The Morgan fingerprint density at radius 1 is 1.05 bits per heavy atom. The number of carbonyl (C=O) groups excluding carboxylic acids is 1. The fourth-order valence-corrected chi connectivity index (χ4v) is 2.09. The van der Waals surface area contributed by atoms with Crippen LogP contribution in [0.25, 0.3) is 10.8 Å². The molecule has 3 N–H and O–H groups in total. The van der Waals surface area contributed by atoms with Crippen LogP contribution in [-0.4, -0.2) is 23.1 Å². The molecule has 2 aromatic carbocycles. The Bertz CT molecular complexity index is 667. The third kappa shape index (κ3) is 3.72. The molecule has 2 amide bonds. The van der Waals surface area contributed by atoms with Crippen molar-refractivity contribution in [2.24, 2.45) is 5.92 Å². The van der Waals surface area contributed by atoms with Crippen LogP contribution in [0.5, 0.6) is 0 Å². The van der Waals surface area contributed by atoms with E-state index in [1.54, 1.807) is 19.9 Å². The van der Waals surface area contributed by atoms with Gasteiger partial charge in [0, 0.05) is 5.69 Å². The molecule has 0 aliphatic heterocycles. The standard InChI is InChI=1S/C16H18N2O3/c1-10(2)14(15(19)20)18-16(21)17-13-8-7-11-5-3-4-6-12(11)9-13/h3-10,14H,1-2H3,(H,19,20)(H2,17,18,21). The number of nitrogens with one attached hydrogen (secondary N) is 2. The van der Waals surface area contributed by atoms with E-state index in [1.165, 1.54) is 0 Å². The summed E-state index contributed by atoms with van der Waals surface area (Å²) in [5.41, 5.74) is 0.624. The molecule has 0 heterocycles. The number of aliphatic carboxylic acids is 1. The fraction of sp³-hybridized carbons (Fsp3) is 0.250. The number of hydrogen-bond acceptors (Lipinski definition) is 2. The molecule has 0 aromatic heterocycles. The summed E-state index contributed by atoms with van der Waals surface area (Å²) in [4.78, 5) is 22.9. The van der Waals surface area contributed by atoms with E-state index in [4.69, 9.17) is 5.11 Å². The van der Waals surface area contributed by atoms with Gasteiger partial charge in [0.1, 0.15) is 6.04 Å². The first-order valence-electron chi connectivity index (χ1n) is 6.76. The normalized spacial score (nSPS) is 12.1. The zero-order valence-electron chi connectivity index (χ0n) is 12.0. The van der Waals surface area contributed by atoms with E-state index in [1.807, 2.05) is 36.4 Å². The number of amides is 2. The SMILES string of the molecule is CC(C)C(NC(=O)Nc1ccc2ccccc2c1)C(=O)O. The molecule has 0 saturated carbocycles. The number of hydrogen-bond donors (Lipinski definition) is 3. The van der Waals surface area contributed by atoms with Gasteiger partial charge in [-0.05, 0) is 28.8 Å². The molecule has 2 aromatic rings. The van der Waals surface area contributed by atoms with Gasteiger partial charge >= 0.3 is 12.0 Å². The molecule has 1 unspecified atom stereocenters. The second-order valence-electron chi connectivity index (χ2n) is 5.22. The van der Waals surface area contributed by atoms with E-state index < -0.39 is 18.0 Å². The number of carbonyl (C=O) groups is 2. The first-order chi connectivity index (χ1) is 9.97. The average molecular weight is 286 g/mol. The molecule has 2 rings (SSSR count). The van der Waals surface area contributed by atoms with E-state index in [9.17, 15) is 9.59 Å². The summed E-state index contributed by atoms with van der Waals surface area (Å²) < 4.78 is 0. The predicted molar refractivity (Wildman–Crippen MR) is 82.4 cm³/mol. The van der Waals surface area contributed by atoms with E-state index in [0.29, 0.717) is 5.69 Å². The van der Waals surface area contributed by atoms with E-state index in [0.717, 1.165) is 10.8 Å². The van der Waals surface area contributed by atoms with Gasteiger partial charge in [0.2, 0.25) is 0 Å². The van der Waals surface area contributed by atoms with Gasteiger partial charge in [0.25, 0.3) is 0 Å². The van der Waals surface area contributed by atoms with Crippen LogP contribution in [-0.2, 0) is 4.79 Å². The average Bonchev–Trinajstić information content (AvgIpc) is 2.44. The third-order valence-electron chi connectivity index (χ3n) is 3.23. The minimum atomic E-state index is -1.04. The van der Waals surface area contributed by atoms with Crippen molar-refractivity contribution >= 4 is 28.5 Å². The van der Waals surface area contributed by atoms with Crippen molar-refractivity contribution in [1.82, 2.24) is 5.32 Å². The van der Waals surface area contributed by atoms with E-state index in [-0.39, 0.29) is 5.92 Å². The Hall–Kier alpha value is -2.56. The predicted octanol–water partition coefficient (Wildman–Crippen LogP) is 3.07. The van der Waals surface area contributed by atoms with Crippen LogP contribution in [0.15, 0.2) is 42.5 Å². The molecular weight excluding hydrogens is 268 g/mol. The molecule has 0 bridgehead atoms. The van der Waals surface area contributed by atoms with Crippen LogP contribution in [0.1, 0.15) is 13.8 Å². The first kappa shape index (κ1) is 14.8. The Morgan fingerprint density at radius 2 is 1.71 bits per heavy atom. The van der Waals surface area contributed by atoms with Gasteiger partial charge in [0.05, 0.1) is 0 Å². The highest BCUT2D eigenvalue weighted by Gasteiger charge is 2.23. The maximum atomic E-state index is 11.9. The van der Waals surface area contributed by atoms with Gasteiger partial charge in [0.15, 0.2) is 0 Å². The summed E-state index contributed by atoms with van der Waals surface area (Å²) in [5, 5.41) is 16.3. The van der Waals surface area contributed by atoms with Crippen LogP contribution in [0, 0.1) is 5.92 Å². The van der Waals surface area contributed by atoms with E-state index in [2.05, 4.69) is 10.6 Å². The van der Waals surface area contributed by atoms with E-state index >= 15 is 0 Å². The molecule has 0 aliphatic rings. The van der Waals surface area contributed by atoms with Gasteiger partial charge in [-0.1, -0.05) is 44.2 Å². The molecule has 5 nitrogen and oxygen atoms in total. The summed E-state index contributed by atoms with van der Waals surface area (Å²) >= 11 is 0. The van der Waals surface area contributed by atoms with Crippen LogP contribution >= 0.6 is 0 Å². The lowest BCUT2D eigenvalue weighted by Gasteiger charge is -2.18. The minimum absolute atomic E-state index is 0.190. The number of urea groups is 1.